The van der Waals surface area contributed by atoms with E-state index >= 15 is 0 Å². The minimum absolute atomic E-state index is 0.125. The average molecular weight is 431 g/mol. The van der Waals surface area contributed by atoms with Crippen LogP contribution in [0.2, 0.25) is 5.02 Å². The summed E-state index contributed by atoms with van der Waals surface area (Å²) in [6.07, 6.45) is 1.77. The largest absolute Gasteiger partial charge is 0.484 e. The smallest absolute Gasteiger partial charge is 0.323 e. The van der Waals surface area contributed by atoms with Gasteiger partial charge in [-0.2, -0.15) is 0 Å². The van der Waals surface area contributed by atoms with E-state index in [2.05, 4.69) is 5.32 Å². The van der Waals surface area contributed by atoms with Crippen LogP contribution in [-0.2, 0) is 29.0 Å². The summed E-state index contributed by atoms with van der Waals surface area (Å²) in [6.45, 7) is -0.302. The first kappa shape index (κ1) is 20.2. The van der Waals surface area contributed by atoms with Crippen LogP contribution in [0, 0.1) is 5.82 Å². The highest BCUT2D eigenvalue weighted by atomic mass is 35.5. The molecule has 3 aromatic rings. The Balaban J connectivity index is 1.48. The number of rotatable bonds is 6. The maximum absolute atomic E-state index is 13.9. The molecule has 2 N–H and O–H groups in total. The first-order chi connectivity index (χ1) is 14.4. The molecule has 1 aliphatic rings. The van der Waals surface area contributed by atoms with Gasteiger partial charge in [-0.25, -0.2) is 4.39 Å². The minimum Gasteiger partial charge on any atom is -0.484 e. The number of fused-ring (bicyclic) bond motifs is 3. The number of nitrogens with zero attached hydrogens (tertiary/aromatic N) is 1. The highest BCUT2D eigenvalue weighted by molar-refractivity contribution is 6.30. The van der Waals surface area contributed by atoms with Crippen molar-refractivity contribution in [3.8, 4) is 5.75 Å². The predicted octanol–water partition coefficient (Wildman–Crippen LogP) is 3.57. The van der Waals surface area contributed by atoms with Crippen LogP contribution in [0.5, 0.6) is 5.75 Å². The number of hydrogen-bond acceptors (Lipinski definition) is 3. The standard InChI is InChI=1S/C22H20ClFN2O4/c23-13-1-5-16(6-2-13)30-12-21(27)25-15-4-8-20-18(10-15)17-9-14(24)3-7-19(17)26(20)11-22(28)29/h1-3,5-7,9,15H,4,8,10-12H2,(H,25,27)(H,28,29). The quantitative estimate of drug-likeness (QED) is 0.626. The summed E-state index contributed by atoms with van der Waals surface area (Å²) in [6, 6.07) is 11.0. The average Bonchev–Trinajstić information content (AvgIpc) is 2.99. The second-order valence-electron chi connectivity index (χ2n) is 7.32. The van der Waals surface area contributed by atoms with E-state index in [1.807, 2.05) is 0 Å². The zero-order chi connectivity index (χ0) is 21.3. The van der Waals surface area contributed by atoms with Crippen LogP contribution in [0.4, 0.5) is 4.39 Å². The number of amides is 1. The fourth-order valence-electron chi connectivity index (χ4n) is 4.01. The summed E-state index contributed by atoms with van der Waals surface area (Å²) in [5.74, 6) is -1.03. The highest BCUT2D eigenvalue weighted by Crippen LogP contribution is 2.33. The van der Waals surface area contributed by atoms with Crippen LogP contribution in [-0.4, -0.2) is 34.2 Å². The third-order valence-corrected chi connectivity index (χ3v) is 5.52. The molecule has 30 heavy (non-hydrogen) atoms. The van der Waals surface area contributed by atoms with E-state index in [1.54, 1.807) is 34.9 Å². The van der Waals surface area contributed by atoms with Gasteiger partial charge in [0, 0.05) is 27.7 Å². The van der Waals surface area contributed by atoms with Gasteiger partial charge >= 0.3 is 5.97 Å². The van der Waals surface area contributed by atoms with E-state index in [0.29, 0.717) is 40.9 Å². The van der Waals surface area contributed by atoms with E-state index in [1.165, 1.54) is 12.1 Å². The molecule has 1 heterocycles. The molecule has 1 unspecified atom stereocenters. The van der Waals surface area contributed by atoms with Gasteiger partial charge in [-0.3, -0.25) is 9.59 Å². The van der Waals surface area contributed by atoms with Crippen molar-refractivity contribution in [2.75, 3.05) is 6.61 Å². The molecule has 4 rings (SSSR count). The normalized spacial score (nSPS) is 15.6. The van der Waals surface area contributed by atoms with Gasteiger partial charge in [0.15, 0.2) is 6.61 Å². The van der Waals surface area contributed by atoms with E-state index in [4.69, 9.17) is 16.3 Å². The molecule has 6 nitrogen and oxygen atoms in total. The molecular formula is C22H20ClFN2O4. The number of carbonyl (C=O) groups is 2. The lowest BCUT2D eigenvalue weighted by Gasteiger charge is -2.25. The monoisotopic (exact) mass is 430 g/mol. The first-order valence-corrected chi connectivity index (χ1v) is 9.97. The number of carbonyl (C=O) groups excluding carboxylic acids is 1. The fraction of sp³-hybridized carbons (Fsp3) is 0.273. The fourth-order valence-corrected chi connectivity index (χ4v) is 4.14. The molecule has 0 bridgehead atoms. The topological polar surface area (TPSA) is 80.6 Å². The molecule has 8 heteroatoms. The third kappa shape index (κ3) is 4.26. The Morgan fingerprint density at radius 1 is 1.23 bits per heavy atom. The second-order valence-corrected chi connectivity index (χ2v) is 7.75. The molecule has 0 radical (unpaired) electrons. The van der Waals surface area contributed by atoms with Crippen molar-refractivity contribution < 1.29 is 23.8 Å². The summed E-state index contributed by atoms with van der Waals surface area (Å²) >= 11 is 5.83. The molecule has 0 saturated heterocycles. The first-order valence-electron chi connectivity index (χ1n) is 9.59. The number of carboxylic acids is 1. The van der Waals surface area contributed by atoms with Gasteiger partial charge in [-0.1, -0.05) is 11.6 Å². The summed E-state index contributed by atoms with van der Waals surface area (Å²) in [5, 5.41) is 13.5. The maximum Gasteiger partial charge on any atom is 0.323 e. The number of aliphatic carboxylic acids is 1. The molecular weight excluding hydrogens is 411 g/mol. The predicted molar refractivity (Wildman–Crippen MR) is 110 cm³/mol. The summed E-state index contributed by atoms with van der Waals surface area (Å²) in [7, 11) is 0. The van der Waals surface area contributed by atoms with Gasteiger partial charge in [0.1, 0.15) is 18.1 Å². The van der Waals surface area contributed by atoms with E-state index in [0.717, 1.165) is 11.3 Å². The van der Waals surface area contributed by atoms with Gasteiger partial charge < -0.3 is 19.7 Å². The van der Waals surface area contributed by atoms with Crippen molar-refractivity contribution >= 4 is 34.4 Å². The Morgan fingerprint density at radius 3 is 2.73 bits per heavy atom. The van der Waals surface area contributed by atoms with Gasteiger partial charge in [0.05, 0.1) is 0 Å². The number of hydrogen-bond donors (Lipinski definition) is 2. The Kier molecular flexibility index (Phi) is 5.63. The van der Waals surface area contributed by atoms with Crippen LogP contribution in [0.25, 0.3) is 10.9 Å². The molecule has 2 aromatic carbocycles. The van der Waals surface area contributed by atoms with Crippen LogP contribution in [0.3, 0.4) is 0 Å². The number of halogens is 2. The molecule has 0 saturated carbocycles. The lowest BCUT2D eigenvalue weighted by atomic mass is 9.91. The van der Waals surface area contributed by atoms with Crippen LogP contribution < -0.4 is 10.1 Å². The van der Waals surface area contributed by atoms with Gasteiger partial charge in [-0.05, 0) is 67.3 Å². The zero-order valence-electron chi connectivity index (χ0n) is 16.0. The van der Waals surface area contributed by atoms with E-state index in [9.17, 15) is 19.1 Å². The SMILES string of the molecule is O=C(O)Cn1c2c(c3cc(F)ccc31)CC(NC(=O)COc1ccc(Cl)cc1)CC2. The lowest BCUT2D eigenvalue weighted by molar-refractivity contribution is -0.137. The minimum atomic E-state index is -0.950. The maximum atomic E-state index is 13.9. The third-order valence-electron chi connectivity index (χ3n) is 5.27. The molecule has 0 fully saturated rings. The molecule has 1 aromatic heterocycles. The van der Waals surface area contributed by atoms with E-state index in [-0.39, 0.29) is 30.9 Å². The van der Waals surface area contributed by atoms with Crippen molar-refractivity contribution in [1.82, 2.24) is 9.88 Å². The van der Waals surface area contributed by atoms with Crippen molar-refractivity contribution in [2.24, 2.45) is 0 Å². The van der Waals surface area contributed by atoms with Crippen LogP contribution >= 0.6 is 11.6 Å². The molecule has 1 amide bonds. The zero-order valence-corrected chi connectivity index (χ0v) is 16.8. The van der Waals surface area contributed by atoms with Gasteiger partial charge in [0.2, 0.25) is 0 Å². The highest BCUT2D eigenvalue weighted by Gasteiger charge is 2.27. The molecule has 156 valence electrons. The van der Waals surface area contributed by atoms with Crippen LogP contribution in [0.1, 0.15) is 17.7 Å². The molecule has 1 atom stereocenters. The summed E-state index contributed by atoms with van der Waals surface area (Å²) in [5.41, 5.74) is 2.48. The van der Waals surface area contributed by atoms with Gasteiger partial charge in [0.25, 0.3) is 5.91 Å². The Morgan fingerprint density at radius 2 is 2.00 bits per heavy atom. The van der Waals surface area contributed by atoms with Crippen molar-refractivity contribution in [3.63, 3.8) is 0 Å². The lowest BCUT2D eigenvalue weighted by Crippen LogP contribution is -2.41. The molecule has 1 aliphatic carbocycles. The number of nitrogens with one attached hydrogen (secondary N) is 1. The molecule has 0 spiro atoms. The summed E-state index contributed by atoms with van der Waals surface area (Å²) in [4.78, 5) is 23.6. The number of carboxylic acid groups (broad SMARTS) is 1. The Labute approximate surface area is 177 Å². The van der Waals surface area contributed by atoms with Crippen molar-refractivity contribution in [1.29, 1.82) is 0 Å². The molecule has 0 aliphatic heterocycles. The Bertz CT molecular complexity index is 1110. The Hall–Kier alpha value is -3.06. The number of benzene rings is 2. The van der Waals surface area contributed by atoms with Crippen molar-refractivity contribution in [2.45, 2.75) is 31.8 Å². The summed E-state index contributed by atoms with van der Waals surface area (Å²) < 4.78 is 21.1. The number of aromatic nitrogens is 1. The van der Waals surface area contributed by atoms with Gasteiger partial charge in [-0.15, -0.1) is 0 Å². The van der Waals surface area contributed by atoms with Crippen LogP contribution in [0.15, 0.2) is 42.5 Å². The number of ether oxygens (including phenoxy) is 1. The van der Waals surface area contributed by atoms with Crippen molar-refractivity contribution in [3.05, 3.63) is 64.6 Å². The second kappa shape index (κ2) is 8.36. The van der Waals surface area contributed by atoms with E-state index < -0.39 is 5.97 Å².